The first-order chi connectivity index (χ1) is 15.3. The number of aromatic nitrogens is 1. The Labute approximate surface area is 188 Å². The van der Waals surface area contributed by atoms with Crippen LogP contribution in [0.25, 0.3) is 22.4 Å². The van der Waals surface area contributed by atoms with Gasteiger partial charge in [-0.3, -0.25) is 0 Å². The molecule has 0 unspecified atom stereocenters. The topological polar surface area (TPSA) is 31.4 Å². The zero-order valence-corrected chi connectivity index (χ0v) is 18.3. The molecule has 1 heterocycles. The van der Waals surface area contributed by atoms with Crippen LogP contribution in [0.4, 0.5) is 13.2 Å². The van der Waals surface area contributed by atoms with Gasteiger partial charge in [0, 0.05) is 10.9 Å². The van der Waals surface area contributed by atoms with Crippen molar-refractivity contribution in [3.05, 3.63) is 88.2 Å². The summed E-state index contributed by atoms with van der Waals surface area (Å²) < 4.78 is 47.1. The largest absolute Gasteiger partial charge is 0.573 e. The molecule has 0 fully saturated rings. The average molecular weight is 456 g/mol. The van der Waals surface area contributed by atoms with E-state index in [0.29, 0.717) is 6.61 Å². The summed E-state index contributed by atoms with van der Waals surface area (Å²) in [5.74, 6) is 0.530. The maximum absolute atomic E-state index is 12.3. The molecule has 3 nitrogen and oxygen atoms in total. The first kappa shape index (κ1) is 21.9. The van der Waals surface area contributed by atoms with Gasteiger partial charge >= 0.3 is 6.36 Å². The SMILES string of the molecule is Cc1ccc(OCc2ccc(-c3ccc(OC(F)(F)F)cc3)cc2C)c(-c2cscn2)c1. The van der Waals surface area contributed by atoms with Gasteiger partial charge in [-0.1, -0.05) is 42.0 Å². The molecule has 0 aliphatic rings. The molecule has 0 amide bonds. The van der Waals surface area contributed by atoms with Crippen molar-refractivity contribution in [1.82, 2.24) is 4.98 Å². The molecule has 0 atom stereocenters. The summed E-state index contributed by atoms with van der Waals surface area (Å²) in [7, 11) is 0. The second-order valence-electron chi connectivity index (χ2n) is 7.38. The van der Waals surface area contributed by atoms with Gasteiger partial charge in [-0.25, -0.2) is 4.98 Å². The third kappa shape index (κ3) is 5.29. The van der Waals surface area contributed by atoms with E-state index in [9.17, 15) is 13.2 Å². The lowest BCUT2D eigenvalue weighted by Crippen LogP contribution is -2.16. The zero-order valence-electron chi connectivity index (χ0n) is 17.4. The van der Waals surface area contributed by atoms with E-state index in [1.54, 1.807) is 17.6 Å². The third-order valence-electron chi connectivity index (χ3n) is 4.99. The van der Waals surface area contributed by atoms with Crippen LogP contribution in [-0.4, -0.2) is 11.3 Å². The fourth-order valence-electron chi connectivity index (χ4n) is 3.36. The van der Waals surface area contributed by atoms with Crippen molar-refractivity contribution in [2.24, 2.45) is 0 Å². The number of rotatable bonds is 6. The summed E-state index contributed by atoms with van der Waals surface area (Å²) in [6.45, 7) is 4.41. The Morgan fingerprint density at radius 1 is 0.906 bits per heavy atom. The Morgan fingerprint density at radius 3 is 2.31 bits per heavy atom. The number of aryl methyl sites for hydroxylation is 2. The minimum atomic E-state index is -4.70. The number of alkyl halides is 3. The highest BCUT2D eigenvalue weighted by atomic mass is 32.1. The number of hydrogen-bond acceptors (Lipinski definition) is 4. The molecule has 4 rings (SSSR count). The van der Waals surface area contributed by atoms with E-state index in [2.05, 4.69) is 15.8 Å². The van der Waals surface area contributed by atoms with E-state index >= 15 is 0 Å². The number of benzene rings is 3. The second-order valence-corrected chi connectivity index (χ2v) is 8.09. The highest BCUT2D eigenvalue weighted by molar-refractivity contribution is 7.07. The normalized spacial score (nSPS) is 11.4. The van der Waals surface area contributed by atoms with Gasteiger partial charge in [-0.2, -0.15) is 0 Å². The number of hydrogen-bond donors (Lipinski definition) is 0. The maximum Gasteiger partial charge on any atom is 0.573 e. The van der Waals surface area contributed by atoms with Crippen LogP contribution < -0.4 is 9.47 Å². The summed E-state index contributed by atoms with van der Waals surface area (Å²) in [5.41, 5.74) is 8.54. The summed E-state index contributed by atoms with van der Waals surface area (Å²) >= 11 is 1.54. The molecule has 0 bridgehead atoms. The van der Waals surface area contributed by atoms with Gasteiger partial charge in [0.15, 0.2) is 0 Å². The minimum absolute atomic E-state index is 0.239. The lowest BCUT2D eigenvalue weighted by atomic mass is 10.00. The standard InChI is InChI=1S/C25H20F3NO2S/c1-16-3-10-24(22(11-16)23-14-32-15-29-23)30-13-20-5-4-19(12-17(20)2)18-6-8-21(9-7-18)31-25(26,27)28/h3-12,14-15H,13H2,1-2H3. The average Bonchev–Trinajstić information content (AvgIpc) is 3.28. The molecule has 0 saturated heterocycles. The van der Waals surface area contributed by atoms with Crippen molar-refractivity contribution in [3.63, 3.8) is 0 Å². The molecule has 3 aromatic carbocycles. The Hall–Kier alpha value is -3.32. The third-order valence-corrected chi connectivity index (χ3v) is 5.58. The van der Waals surface area contributed by atoms with E-state index in [4.69, 9.17) is 4.74 Å². The Balaban J connectivity index is 1.49. The summed E-state index contributed by atoms with van der Waals surface area (Å²) in [6, 6.07) is 17.8. The quantitative estimate of drug-likeness (QED) is 0.300. The smallest absolute Gasteiger partial charge is 0.488 e. The van der Waals surface area contributed by atoms with Crippen molar-refractivity contribution in [2.45, 2.75) is 26.8 Å². The minimum Gasteiger partial charge on any atom is -0.488 e. The van der Waals surface area contributed by atoms with Crippen LogP contribution in [0, 0.1) is 13.8 Å². The van der Waals surface area contributed by atoms with E-state index in [1.807, 2.05) is 49.6 Å². The highest BCUT2D eigenvalue weighted by Gasteiger charge is 2.30. The summed E-state index contributed by atoms with van der Waals surface area (Å²) in [6.07, 6.45) is -4.70. The zero-order chi connectivity index (χ0) is 22.7. The van der Waals surface area contributed by atoms with E-state index in [-0.39, 0.29) is 5.75 Å². The molecule has 0 aliphatic heterocycles. The van der Waals surface area contributed by atoms with Gasteiger partial charge in [0.2, 0.25) is 0 Å². The fraction of sp³-hybridized carbons (Fsp3) is 0.160. The predicted octanol–water partition coefficient (Wildman–Crippen LogP) is 7.57. The summed E-state index contributed by atoms with van der Waals surface area (Å²) in [4.78, 5) is 4.40. The van der Waals surface area contributed by atoms with Crippen LogP contribution >= 0.6 is 11.3 Å². The Morgan fingerprint density at radius 2 is 1.66 bits per heavy atom. The van der Waals surface area contributed by atoms with Gasteiger partial charge in [-0.05, 0) is 60.4 Å². The Bertz CT molecular complexity index is 1200. The lowest BCUT2D eigenvalue weighted by molar-refractivity contribution is -0.274. The van der Waals surface area contributed by atoms with Crippen molar-refractivity contribution >= 4 is 11.3 Å². The number of ether oxygens (including phenoxy) is 2. The number of halogens is 3. The van der Waals surface area contributed by atoms with E-state index < -0.39 is 6.36 Å². The van der Waals surface area contributed by atoms with Crippen LogP contribution in [0.2, 0.25) is 0 Å². The molecule has 7 heteroatoms. The van der Waals surface area contributed by atoms with Gasteiger partial charge in [0.1, 0.15) is 18.1 Å². The molecular formula is C25H20F3NO2S. The van der Waals surface area contributed by atoms with Crippen molar-refractivity contribution in [1.29, 1.82) is 0 Å². The molecule has 1 aromatic heterocycles. The lowest BCUT2D eigenvalue weighted by Gasteiger charge is -2.14. The van der Waals surface area contributed by atoms with Gasteiger partial charge < -0.3 is 9.47 Å². The Kier molecular flexibility index (Phi) is 6.19. The van der Waals surface area contributed by atoms with Gasteiger partial charge in [0.25, 0.3) is 0 Å². The molecule has 4 aromatic rings. The molecule has 0 saturated carbocycles. The van der Waals surface area contributed by atoms with Crippen molar-refractivity contribution in [2.75, 3.05) is 0 Å². The molecule has 0 spiro atoms. The van der Waals surface area contributed by atoms with Gasteiger partial charge in [-0.15, -0.1) is 24.5 Å². The van der Waals surface area contributed by atoms with Crippen LogP contribution in [0.3, 0.4) is 0 Å². The van der Waals surface area contributed by atoms with Crippen LogP contribution in [0.1, 0.15) is 16.7 Å². The van der Waals surface area contributed by atoms with Gasteiger partial charge in [0.05, 0.1) is 11.2 Å². The first-order valence-electron chi connectivity index (χ1n) is 9.86. The highest BCUT2D eigenvalue weighted by Crippen LogP contribution is 2.32. The van der Waals surface area contributed by atoms with Crippen LogP contribution in [-0.2, 0) is 6.61 Å². The molecule has 0 aliphatic carbocycles. The molecular weight excluding hydrogens is 435 g/mol. The molecule has 164 valence electrons. The molecule has 32 heavy (non-hydrogen) atoms. The number of nitrogens with zero attached hydrogens (tertiary/aromatic N) is 1. The molecule has 0 radical (unpaired) electrons. The predicted molar refractivity (Wildman–Crippen MR) is 120 cm³/mol. The van der Waals surface area contributed by atoms with E-state index in [0.717, 1.165) is 44.8 Å². The summed E-state index contributed by atoms with van der Waals surface area (Å²) in [5, 5.41) is 1.99. The van der Waals surface area contributed by atoms with Crippen LogP contribution in [0.5, 0.6) is 11.5 Å². The number of thiazole rings is 1. The van der Waals surface area contributed by atoms with E-state index in [1.165, 1.54) is 23.5 Å². The second kappa shape index (κ2) is 9.04. The monoisotopic (exact) mass is 455 g/mol. The fourth-order valence-corrected chi connectivity index (χ4v) is 3.91. The van der Waals surface area contributed by atoms with Crippen LogP contribution in [0.15, 0.2) is 71.6 Å². The maximum atomic E-state index is 12.3. The molecule has 0 N–H and O–H groups in total. The van der Waals surface area contributed by atoms with Crippen molar-refractivity contribution in [3.8, 4) is 33.9 Å². The van der Waals surface area contributed by atoms with Crippen molar-refractivity contribution < 1.29 is 22.6 Å². The first-order valence-corrected chi connectivity index (χ1v) is 10.8.